The van der Waals surface area contributed by atoms with Gasteiger partial charge < -0.3 is 15.5 Å². The SMILES string of the molecule is C#CCC(N)C(=O)N1CCC(C(=O)N(C)C)CC1. The summed E-state index contributed by atoms with van der Waals surface area (Å²) in [6, 6.07) is -0.615. The van der Waals surface area contributed by atoms with E-state index in [1.165, 1.54) is 0 Å². The molecule has 1 atom stereocenters. The van der Waals surface area contributed by atoms with Gasteiger partial charge in [0.1, 0.15) is 0 Å². The lowest BCUT2D eigenvalue weighted by atomic mass is 9.95. The number of carbonyl (C=O) groups is 2. The highest BCUT2D eigenvalue weighted by Gasteiger charge is 2.29. The maximum Gasteiger partial charge on any atom is 0.240 e. The topological polar surface area (TPSA) is 66.6 Å². The van der Waals surface area contributed by atoms with E-state index in [1.807, 2.05) is 0 Å². The van der Waals surface area contributed by atoms with E-state index in [9.17, 15) is 9.59 Å². The second-order valence-electron chi connectivity index (χ2n) is 4.85. The number of amides is 2. The molecule has 18 heavy (non-hydrogen) atoms. The third kappa shape index (κ3) is 3.47. The molecule has 0 bridgehead atoms. The maximum absolute atomic E-state index is 11.9. The Kier molecular flexibility index (Phi) is 5.17. The summed E-state index contributed by atoms with van der Waals surface area (Å²) in [6.07, 6.45) is 6.80. The predicted molar refractivity (Wildman–Crippen MR) is 69.4 cm³/mol. The zero-order chi connectivity index (χ0) is 13.7. The summed E-state index contributed by atoms with van der Waals surface area (Å²) in [5.41, 5.74) is 5.69. The monoisotopic (exact) mass is 251 g/mol. The highest BCUT2D eigenvalue weighted by atomic mass is 16.2. The van der Waals surface area contributed by atoms with E-state index in [0.717, 1.165) is 0 Å². The second kappa shape index (κ2) is 6.41. The van der Waals surface area contributed by atoms with Crippen LogP contribution in [-0.2, 0) is 9.59 Å². The van der Waals surface area contributed by atoms with Gasteiger partial charge in [0, 0.05) is 39.5 Å². The van der Waals surface area contributed by atoms with Gasteiger partial charge in [-0.05, 0) is 12.8 Å². The van der Waals surface area contributed by atoms with Crippen molar-refractivity contribution < 1.29 is 9.59 Å². The van der Waals surface area contributed by atoms with Gasteiger partial charge in [0.25, 0.3) is 0 Å². The van der Waals surface area contributed by atoms with Crippen molar-refractivity contribution in [2.75, 3.05) is 27.2 Å². The zero-order valence-electron chi connectivity index (χ0n) is 11.1. The zero-order valence-corrected chi connectivity index (χ0v) is 11.1. The summed E-state index contributed by atoms with van der Waals surface area (Å²) < 4.78 is 0. The second-order valence-corrected chi connectivity index (χ2v) is 4.85. The first kappa shape index (κ1) is 14.5. The third-order valence-electron chi connectivity index (χ3n) is 3.25. The Labute approximate surface area is 108 Å². The summed E-state index contributed by atoms with van der Waals surface area (Å²) in [5.74, 6) is 2.44. The lowest BCUT2D eigenvalue weighted by Gasteiger charge is -2.33. The Morgan fingerprint density at radius 2 is 2.00 bits per heavy atom. The van der Waals surface area contributed by atoms with Crippen LogP contribution in [0.1, 0.15) is 19.3 Å². The molecule has 0 saturated carbocycles. The van der Waals surface area contributed by atoms with Crippen molar-refractivity contribution in [3.8, 4) is 12.3 Å². The average molecular weight is 251 g/mol. The van der Waals surface area contributed by atoms with Crippen molar-refractivity contribution in [2.24, 2.45) is 11.7 Å². The van der Waals surface area contributed by atoms with Gasteiger partial charge in [-0.25, -0.2) is 0 Å². The fourth-order valence-electron chi connectivity index (χ4n) is 2.16. The van der Waals surface area contributed by atoms with Crippen LogP contribution in [0.4, 0.5) is 0 Å². The third-order valence-corrected chi connectivity index (χ3v) is 3.25. The number of likely N-dealkylation sites (tertiary alicyclic amines) is 1. The first-order valence-electron chi connectivity index (χ1n) is 6.16. The van der Waals surface area contributed by atoms with Crippen LogP contribution in [0.3, 0.4) is 0 Å². The van der Waals surface area contributed by atoms with Crippen molar-refractivity contribution in [1.82, 2.24) is 9.80 Å². The molecule has 2 N–H and O–H groups in total. The largest absolute Gasteiger partial charge is 0.349 e. The van der Waals surface area contributed by atoms with Crippen LogP contribution in [0.5, 0.6) is 0 Å². The molecule has 2 amide bonds. The smallest absolute Gasteiger partial charge is 0.240 e. The van der Waals surface area contributed by atoms with Crippen LogP contribution in [0, 0.1) is 18.3 Å². The predicted octanol–water partition coefficient (Wildman–Crippen LogP) is -0.336. The molecule has 5 nitrogen and oxygen atoms in total. The molecule has 1 aliphatic heterocycles. The number of carbonyl (C=O) groups excluding carboxylic acids is 2. The van der Waals surface area contributed by atoms with Crippen LogP contribution in [0.15, 0.2) is 0 Å². The number of nitrogens with two attached hydrogens (primary N) is 1. The summed E-state index contributed by atoms with van der Waals surface area (Å²) >= 11 is 0. The fourth-order valence-corrected chi connectivity index (χ4v) is 2.16. The molecule has 5 heteroatoms. The Hall–Kier alpha value is -1.54. The van der Waals surface area contributed by atoms with Gasteiger partial charge in [-0.1, -0.05) is 0 Å². The normalized spacial score (nSPS) is 18.0. The van der Waals surface area contributed by atoms with Crippen molar-refractivity contribution in [3.63, 3.8) is 0 Å². The number of rotatable bonds is 3. The Bertz CT molecular complexity index is 352. The van der Waals surface area contributed by atoms with E-state index in [1.54, 1.807) is 23.9 Å². The van der Waals surface area contributed by atoms with E-state index < -0.39 is 6.04 Å². The number of hydrogen-bond donors (Lipinski definition) is 1. The Morgan fingerprint density at radius 3 is 2.44 bits per heavy atom. The van der Waals surface area contributed by atoms with Gasteiger partial charge in [0.2, 0.25) is 11.8 Å². The van der Waals surface area contributed by atoms with Gasteiger partial charge in [0.15, 0.2) is 0 Å². The minimum Gasteiger partial charge on any atom is -0.349 e. The molecule has 100 valence electrons. The lowest BCUT2D eigenvalue weighted by molar-refractivity contribution is -0.139. The number of piperidine rings is 1. The van der Waals surface area contributed by atoms with E-state index in [2.05, 4.69) is 5.92 Å². The molecule has 1 fully saturated rings. The molecular formula is C13H21N3O2. The Morgan fingerprint density at radius 1 is 1.44 bits per heavy atom. The molecule has 0 aromatic rings. The standard InChI is InChI=1S/C13H21N3O2/c1-4-5-11(14)13(18)16-8-6-10(7-9-16)12(17)15(2)3/h1,10-11H,5-9,14H2,2-3H3. The van der Waals surface area contributed by atoms with Crippen molar-refractivity contribution in [2.45, 2.75) is 25.3 Å². The molecule has 1 saturated heterocycles. The van der Waals surface area contributed by atoms with Crippen LogP contribution in [-0.4, -0.2) is 54.8 Å². The van der Waals surface area contributed by atoms with Crippen molar-refractivity contribution >= 4 is 11.8 Å². The van der Waals surface area contributed by atoms with Gasteiger partial charge in [-0.15, -0.1) is 12.3 Å². The summed E-state index contributed by atoms with van der Waals surface area (Å²) in [6.45, 7) is 1.17. The average Bonchev–Trinajstić information content (AvgIpc) is 2.37. The Balaban J connectivity index is 2.47. The lowest BCUT2D eigenvalue weighted by Crippen LogP contribution is -2.48. The molecule has 0 radical (unpaired) electrons. The highest BCUT2D eigenvalue weighted by molar-refractivity contribution is 5.83. The quantitative estimate of drug-likeness (QED) is 0.698. The molecule has 1 rings (SSSR count). The number of hydrogen-bond acceptors (Lipinski definition) is 3. The van der Waals surface area contributed by atoms with E-state index in [-0.39, 0.29) is 24.2 Å². The maximum atomic E-state index is 11.9. The molecule has 1 heterocycles. The molecule has 1 unspecified atom stereocenters. The molecule has 0 aromatic heterocycles. The molecule has 0 aromatic carbocycles. The molecule has 1 aliphatic rings. The highest BCUT2D eigenvalue weighted by Crippen LogP contribution is 2.19. The minimum absolute atomic E-state index is 0.0212. The van der Waals surface area contributed by atoms with Gasteiger partial charge in [-0.3, -0.25) is 9.59 Å². The van der Waals surface area contributed by atoms with Crippen LogP contribution >= 0.6 is 0 Å². The van der Waals surface area contributed by atoms with E-state index >= 15 is 0 Å². The summed E-state index contributed by atoms with van der Waals surface area (Å²) in [7, 11) is 3.51. The van der Waals surface area contributed by atoms with E-state index in [4.69, 9.17) is 12.2 Å². The summed E-state index contributed by atoms with van der Waals surface area (Å²) in [5, 5.41) is 0. The van der Waals surface area contributed by atoms with Crippen molar-refractivity contribution in [3.05, 3.63) is 0 Å². The van der Waals surface area contributed by atoms with Crippen LogP contribution < -0.4 is 5.73 Å². The van der Waals surface area contributed by atoms with Gasteiger partial charge in [-0.2, -0.15) is 0 Å². The van der Waals surface area contributed by atoms with Crippen LogP contribution in [0.25, 0.3) is 0 Å². The summed E-state index contributed by atoms with van der Waals surface area (Å²) in [4.78, 5) is 27.0. The number of terminal acetylenes is 1. The van der Waals surface area contributed by atoms with Gasteiger partial charge in [0.05, 0.1) is 6.04 Å². The van der Waals surface area contributed by atoms with E-state index in [0.29, 0.717) is 25.9 Å². The molecule has 0 spiro atoms. The first-order valence-corrected chi connectivity index (χ1v) is 6.16. The van der Waals surface area contributed by atoms with Crippen LogP contribution in [0.2, 0.25) is 0 Å². The molecule has 0 aliphatic carbocycles. The molecular weight excluding hydrogens is 230 g/mol. The van der Waals surface area contributed by atoms with Crippen molar-refractivity contribution in [1.29, 1.82) is 0 Å². The fraction of sp³-hybridized carbons (Fsp3) is 0.692. The first-order chi connectivity index (χ1) is 8.47. The minimum atomic E-state index is -0.615. The van der Waals surface area contributed by atoms with Gasteiger partial charge >= 0.3 is 0 Å². The number of nitrogens with zero attached hydrogens (tertiary/aromatic N) is 2.